The van der Waals surface area contributed by atoms with E-state index in [-0.39, 0.29) is 0 Å². The van der Waals surface area contributed by atoms with Gasteiger partial charge in [0.2, 0.25) is 16.2 Å². The number of hydrogen-bond donors (Lipinski definition) is 2. The summed E-state index contributed by atoms with van der Waals surface area (Å²) in [6.45, 7) is 2.06. The summed E-state index contributed by atoms with van der Waals surface area (Å²) in [6, 6.07) is 4.03. The molecule has 3 heterocycles. The van der Waals surface area contributed by atoms with Crippen molar-refractivity contribution >= 4 is 45.5 Å². The molecule has 0 amide bonds. The second kappa shape index (κ2) is 5.68. The lowest BCUT2D eigenvalue weighted by atomic mass is 10.5. The molecule has 19 heavy (non-hydrogen) atoms. The molecule has 0 aliphatic heterocycles. The summed E-state index contributed by atoms with van der Waals surface area (Å²) in [6.07, 6.45) is 0. The molecule has 98 valence electrons. The maximum absolute atomic E-state index is 4.29. The number of hydrogen-bond acceptors (Lipinski definition) is 8. The van der Waals surface area contributed by atoms with Crippen LogP contribution in [0, 0.1) is 0 Å². The van der Waals surface area contributed by atoms with Gasteiger partial charge in [-0.15, -0.1) is 26.6 Å². The van der Waals surface area contributed by atoms with E-state index in [1.165, 1.54) is 11.3 Å². The Morgan fingerprint density at radius 2 is 2.37 bits per heavy atom. The van der Waals surface area contributed by atoms with Crippen LogP contribution in [0.5, 0.6) is 0 Å². The number of H-pyrrole nitrogens is 1. The zero-order chi connectivity index (χ0) is 13.1. The molecule has 3 aromatic heterocycles. The van der Waals surface area contributed by atoms with E-state index in [2.05, 4.69) is 37.6 Å². The fraction of sp³-hybridized carbons (Fsp3) is 0.200. The van der Waals surface area contributed by atoms with E-state index in [0.29, 0.717) is 11.1 Å². The first-order valence-electron chi connectivity index (χ1n) is 5.54. The van der Waals surface area contributed by atoms with Crippen LogP contribution in [0.4, 0.5) is 11.1 Å². The number of rotatable bonds is 5. The molecule has 6 nitrogen and oxygen atoms in total. The van der Waals surface area contributed by atoms with Gasteiger partial charge >= 0.3 is 0 Å². The summed E-state index contributed by atoms with van der Waals surface area (Å²) in [4.78, 5) is 5.41. The number of nitrogens with zero attached hydrogens (tertiary/aromatic N) is 4. The summed E-state index contributed by atoms with van der Waals surface area (Å²) in [7, 11) is 0. The molecule has 9 heteroatoms. The van der Waals surface area contributed by atoms with E-state index >= 15 is 0 Å². The van der Waals surface area contributed by atoms with E-state index in [0.717, 1.165) is 20.8 Å². The summed E-state index contributed by atoms with van der Waals surface area (Å²) in [5, 5.41) is 22.6. The van der Waals surface area contributed by atoms with Crippen molar-refractivity contribution in [2.24, 2.45) is 0 Å². The standard InChI is InChI=1S/C10H10N6S3/c1-2-17-9-11-8(14-15-9)12-10-16-13-7(19-10)6-4-3-5-18-6/h3-5H,2H2,1H3,(H2,11,12,14,15,16). The SMILES string of the molecule is CCSc1n[nH]c(Nc2nnc(-c3cccs3)s2)n1. The lowest BCUT2D eigenvalue weighted by molar-refractivity contribution is 0.974. The molecule has 0 aliphatic rings. The highest BCUT2D eigenvalue weighted by molar-refractivity contribution is 7.99. The van der Waals surface area contributed by atoms with Crippen LogP contribution in [0.15, 0.2) is 22.7 Å². The van der Waals surface area contributed by atoms with Gasteiger partial charge in [-0.3, -0.25) is 5.32 Å². The number of thioether (sulfide) groups is 1. The molecular weight excluding hydrogens is 300 g/mol. The summed E-state index contributed by atoms with van der Waals surface area (Å²) in [5.41, 5.74) is 0. The van der Waals surface area contributed by atoms with Crippen molar-refractivity contribution in [3.05, 3.63) is 17.5 Å². The van der Waals surface area contributed by atoms with Crippen LogP contribution >= 0.6 is 34.4 Å². The van der Waals surface area contributed by atoms with Crippen molar-refractivity contribution in [2.75, 3.05) is 11.1 Å². The Kier molecular flexibility index (Phi) is 3.76. The third-order valence-electron chi connectivity index (χ3n) is 2.12. The van der Waals surface area contributed by atoms with Crippen molar-refractivity contribution in [3.63, 3.8) is 0 Å². The smallest absolute Gasteiger partial charge is 0.225 e. The highest BCUT2D eigenvalue weighted by Gasteiger charge is 2.09. The number of nitrogens with one attached hydrogen (secondary N) is 2. The van der Waals surface area contributed by atoms with Gasteiger partial charge in [0.05, 0.1) is 4.88 Å². The Hall–Kier alpha value is -1.45. The zero-order valence-electron chi connectivity index (χ0n) is 9.95. The minimum atomic E-state index is 0.588. The average molecular weight is 310 g/mol. The summed E-state index contributed by atoms with van der Waals surface area (Å²) >= 11 is 4.72. The predicted octanol–water partition coefficient (Wildman–Crippen LogP) is 3.24. The highest BCUT2D eigenvalue weighted by Crippen LogP contribution is 2.30. The lowest BCUT2D eigenvalue weighted by Crippen LogP contribution is -1.91. The molecule has 0 saturated carbocycles. The van der Waals surface area contributed by atoms with Crippen LogP contribution in [0.1, 0.15) is 6.92 Å². The quantitative estimate of drug-likeness (QED) is 0.704. The van der Waals surface area contributed by atoms with Gasteiger partial charge in [-0.25, -0.2) is 5.10 Å². The predicted molar refractivity (Wildman–Crippen MR) is 79.3 cm³/mol. The van der Waals surface area contributed by atoms with Crippen LogP contribution in [-0.2, 0) is 0 Å². The molecule has 0 aromatic carbocycles. The van der Waals surface area contributed by atoms with Crippen molar-refractivity contribution in [3.8, 4) is 9.88 Å². The molecule has 0 radical (unpaired) electrons. The van der Waals surface area contributed by atoms with Crippen molar-refractivity contribution < 1.29 is 0 Å². The normalized spacial score (nSPS) is 10.8. The lowest BCUT2D eigenvalue weighted by Gasteiger charge is -1.93. The van der Waals surface area contributed by atoms with Gasteiger partial charge in [0.15, 0.2) is 5.01 Å². The number of anilines is 2. The van der Waals surface area contributed by atoms with Gasteiger partial charge in [0, 0.05) is 0 Å². The first-order valence-corrected chi connectivity index (χ1v) is 8.23. The molecule has 0 saturated heterocycles. The Morgan fingerprint density at radius 1 is 1.42 bits per heavy atom. The third kappa shape index (κ3) is 2.94. The van der Waals surface area contributed by atoms with Gasteiger partial charge in [-0.1, -0.05) is 36.1 Å². The summed E-state index contributed by atoms with van der Waals surface area (Å²) in [5.74, 6) is 1.53. The summed E-state index contributed by atoms with van der Waals surface area (Å²) < 4.78 is 0. The second-order valence-electron chi connectivity index (χ2n) is 3.41. The second-order valence-corrected chi connectivity index (χ2v) is 6.57. The van der Waals surface area contributed by atoms with Gasteiger partial charge in [-0.05, 0) is 17.2 Å². The topological polar surface area (TPSA) is 79.4 Å². The molecule has 3 rings (SSSR count). The largest absolute Gasteiger partial charge is 0.299 e. The number of aromatic amines is 1. The molecule has 0 bridgehead atoms. The molecular formula is C10H10N6S3. The molecule has 3 aromatic rings. The Balaban J connectivity index is 1.72. The van der Waals surface area contributed by atoms with E-state index < -0.39 is 0 Å². The van der Waals surface area contributed by atoms with E-state index in [9.17, 15) is 0 Å². The molecule has 0 spiro atoms. The van der Waals surface area contributed by atoms with E-state index in [1.807, 2.05) is 17.5 Å². The van der Waals surface area contributed by atoms with Crippen molar-refractivity contribution in [1.82, 2.24) is 25.4 Å². The first kappa shape index (κ1) is 12.6. The Bertz CT molecular complexity index is 644. The Labute approximate surface area is 121 Å². The highest BCUT2D eigenvalue weighted by atomic mass is 32.2. The van der Waals surface area contributed by atoms with Crippen LogP contribution < -0.4 is 5.32 Å². The first-order chi connectivity index (χ1) is 9.35. The molecule has 0 fully saturated rings. The van der Waals surface area contributed by atoms with Crippen LogP contribution in [0.2, 0.25) is 0 Å². The molecule has 0 aliphatic carbocycles. The fourth-order valence-corrected chi connectivity index (χ4v) is 3.43. The van der Waals surface area contributed by atoms with Crippen LogP contribution in [0.25, 0.3) is 9.88 Å². The minimum absolute atomic E-state index is 0.588. The maximum atomic E-state index is 4.29. The number of thiophene rings is 1. The monoisotopic (exact) mass is 310 g/mol. The van der Waals surface area contributed by atoms with Gasteiger partial charge in [0.1, 0.15) is 0 Å². The van der Waals surface area contributed by atoms with Gasteiger partial charge < -0.3 is 0 Å². The van der Waals surface area contributed by atoms with Crippen molar-refractivity contribution in [1.29, 1.82) is 0 Å². The van der Waals surface area contributed by atoms with Crippen molar-refractivity contribution in [2.45, 2.75) is 12.1 Å². The third-order valence-corrected chi connectivity index (χ3v) is 4.73. The molecule has 2 N–H and O–H groups in total. The van der Waals surface area contributed by atoms with E-state index in [1.54, 1.807) is 23.1 Å². The number of aromatic nitrogens is 5. The molecule has 0 unspecified atom stereocenters. The van der Waals surface area contributed by atoms with Gasteiger partial charge in [-0.2, -0.15) is 4.98 Å². The zero-order valence-corrected chi connectivity index (χ0v) is 12.4. The maximum Gasteiger partial charge on any atom is 0.225 e. The molecule has 0 atom stereocenters. The van der Waals surface area contributed by atoms with Gasteiger partial charge in [0.25, 0.3) is 0 Å². The van der Waals surface area contributed by atoms with Crippen LogP contribution in [-0.4, -0.2) is 31.1 Å². The average Bonchev–Trinajstić information content (AvgIpc) is 3.10. The minimum Gasteiger partial charge on any atom is -0.299 e. The van der Waals surface area contributed by atoms with Crippen LogP contribution in [0.3, 0.4) is 0 Å². The van der Waals surface area contributed by atoms with E-state index in [4.69, 9.17) is 0 Å². The fourth-order valence-electron chi connectivity index (χ4n) is 1.37. The Morgan fingerprint density at radius 3 is 3.16 bits per heavy atom.